The molecule has 3 rings (SSSR count). The van der Waals surface area contributed by atoms with E-state index in [1.807, 2.05) is 13.8 Å². The fourth-order valence-corrected chi connectivity index (χ4v) is 2.87. The van der Waals surface area contributed by atoms with Crippen molar-refractivity contribution >= 4 is 5.91 Å². The van der Waals surface area contributed by atoms with Crippen molar-refractivity contribution in [2.75, 3.05) is 6.54 Å². The van der Waals surface area contributed by atoms with E-state index in [4.69, 9.17) is 0 Å². The van der Waals surface area contributed by atoms with Gasteiger partial charge in [0.2, 0.25) is 5.91 Å². The minimum Gasteiger partial charge on any atom is -0.321 e. The Morgan fingerprint density at radius 3 is 2.62 bits per heavy atom. The van der Waals surface area contributed by atoms with E-state index >= 15 is 0 Å². The molecule has 1 aliphatic heterocycles. The molecule has 3 nitrogen and oxygen atoms in total. The lowest BCUT2D eigenvalue weighted by Gasteiger charge is -2.24. The summed E-state index contributed by atoms with van der Waals surface area (Å²) in [6, 6.07) is 3.23. The quantitative estimate of drug-likeness (QED) is 0.926. The van der Waals surface area contributed by atoms with Crippen molar-refractivity contribution in [1.82, 2.24) is 10.2 Å². The van der Waals surface area contributed by atoms with Crippen LogP contribution in [-0.2, 0) is 4.79 Å². The molecule has 0 spiro atoms. The number of hydrogen-bond acceptors (Lipinski definition) is 2. The van der Waals surface area contributed by atoms with Gasteiger partial charge < -0.3 is 4.90 Å². The van der Waals surface area contributed by atoms with E-state index in [1.165, 1.54) is 12.1 Å². The Labute approximate surface area is 123 Å². The molecule has 0 radical (unpaired) electrons. The van der Waals surface area contributed by atoms with E-state index in [1.54, 1.807) is 4.90 Å². The normalized spacial score (nSPS) is 26.0. The molecule has 0 aromatic heterocycles. The molecule has 1 amide bonds. The topological polar surface area (TPSA) is 32.3 Å². The third-order valence-electron chi connectivity index (χ3n) is 4.27. The van der Waals surface area contributed by atoms with Crippen LogP contribution in [0.5, 0.6) is 0 Å². The van der Waals surface area contributed by atoms with Crippen LogP contribution in [0.25, 0.3) is 0 Å². The first-order chi connectivity index (χ1) is 9.97. The summed E-state index contributed by atoms with van der Waals surface area (Å²) in [5, 5.41) is 3.21. The van der Waals surface area contributed by atoms with E-state index in [0.29, 0.717) is 18.0 Å². The monoisotopic (exact) mass is 294 g/mol. The SMILES string of the molecule is CC(C)C1NC(c2ccc(F)cc2F)N(CC2CC2)C1=O. The molecule has 1 aromatic carbocycles. The van der Waals surface area contributed by atoms with Crippen LogP contribution < -0.4 is 5.32 Å². The van der Waals surface area contributed by atoms with Crippen LogP contribution in [0.3, 0.4) is 0 Å². The van der Waals surface area contributed by atoms with Crippen LogP contribution in [0.4, 0.5) is 8.78 Å². The van der Waals surface area contributed by atoms with Gasteiger partial charge in [-0.25, -0.2) is 8.78 Å². The summed E-state index contributed by atoms with van der Waals surface area (Å²) in [5.41, 5.74) is 0.341. The van der Waals surface area contributed by atoms with Crippen molar-refractivity contribution < 1.29 is 13.6 Å². The Balaban J connectivity index is 1.91. The number of benzene rings is 1. The van der Waals surface area contributed by atoms with Crippen LogP contribution in [0.2, 0.25) is 0 Å². The molecule has 2 aliphatic rings. The van der Waals surface area contributed by atoms with Crippen LogP contribution >= 0.6 is 0 Å². The fourth-order valence-electron chi connectivity index (χ4n) is 2.87. The zero-order valence-electron chi connectivity index (χ0n) is 12.3. The van der Waals surface area contributed by atoms with Crippen molar-refractivity contribution in [1.29, 1.82) is 0 Å². The summed E-state index contributed by atoms with van der Waals surface area (Å²) in [5.74, 6) is -0.536. The molecule has 1 saturated heterocycles. The van der Waals surface area contributed by atoms with Crippen molar-refractivity contribution in [3.63, 3.8) is 0 Å². The second-order valence-electron chi connectivity index (χ2n) is 6.39. The smallest absolute Gasteiger partial charge is 0.241 e. The first-order valence-corrected chi connectivity index (χ1v) is 7.49. The molecular weight excluding hydrogens is 274 g/mol. The van der Waals surface area contributed by atoms with Crippen molar-refractivity contribution in [3.8, 4) is 0 Å². The molecule has 1 aliphatic carbocycles. The first kappa shape index (κ1) is 14.4. The van der Waals surface area contributed by atoms with Crippen LogP contribution in [-0.4, -0.2) is 23.4 Å². The Hall–Kier alpha value is -1.49. The zero-order valence-corrected chi connectivity index (χ0v) is 12.3. The van der Waals surface area contributed by atoms with Crippen molar-refractivity contribution in [3.05, 3.63) is 35.4 Å². The van der Waals surface area contributed by atoms with Gasteiger partial charge in [-0.2, -0.15) is 0 Å². The lowest BCUT2D eigenvalue weighted by atomic mass is 10.0. The highest BCUT2D eigenvalue weighted by atomic mass is 19.1. The second kappa shape index (κ2) is 5.37. The minimum absolute atomic E-state index is 0.0191. The largest absolute Gasteiger partial charge is 0.321 e. The van der Waals surface area contributed by atoms with Gasteiger partial charge in [-0.3, -0.25) is 10.1 Å². The molecular formula is C16H20F2N2O. The Bertz CT molecular complexity index is 557. The molecule has 5 heteroatoms. The molecule has 2 atom stereocenters. The maximum absolute atomic E-state index is 14.1. The highest BCUT2D eigenvalue weighted by Gasteiger charge is 2.43. The van der Waals surface area contributed by atoms with Crippen molar-refractivity contribution in [2.45, 2.75) is 38.9 Å². The molecule has 0 bridgehead atoms. The highest BCUT2D eigenvalue weighted by Crippen LogP contribution is 2.36. The average Bonchev–Trinajstić information content (AvgIpc) is 3.16. The Kier molecular flexibility index (Phi) is 3.69. The van der Waals surface area contributed by atoms with Gasteiger partial charge in [0.1, 0.15) is 17.8 Å². The molecule has 1 saturated carbocycles. The zero-order chi connectivity index (χ0) is 15.1. The third-order valence-corrected chi connectivity index (χ3v) is 4.27. The molecule has 114 valence electrons. The molecule has 21 heavy (non-hydrogen) atoms. The van der Waals surface area contributed by atoms with E-state index in [2.05, 4.69) is 5.32 Å². The summed E-state index contributed by atoms with van der Waals surface area (Å²) in [7, 11) is 0. The minimum atomic E-state index is -0.606. The fraction of sp³-hybridized carbons (Fsp3) is 0.562. The second-order valence-corrected chi connectivity index (χ2v) is 6.39. The number of carbonyl (C=O) groups is 1. The first-order valence-electron chi connectivity index (χ1n) is 7.49. The van der Waals surface area contributed by atoms with Gasteiger partial charge in [0.05, 0.1) is 6.04 Å². The number of rotatable bonds is 4. The van der Waals surface area contributed by atoms with Gasteiger partial charge in [0.15, 0.2) is 0 Å². The molecule has 1 N–H and O–H groups in total. The molecule has 1 heterocycles. The number of carbonyl (C=O) groups excluding carboxylic acids is 1. The third kappa shape index (κ3) is 2.79. The standard InChI is InChI=1S/C16H20F2N2O/c1-9(2)14-16(21)20(8-10-3-4-10)15(19-14)12-6-5-11(17)7-13(12)18/h5-7,9-10,14-15,19H,3-4,8H2,1-2H3. The lowest BCUT2D eigenvalue weighted by Crippen LogP contribution is -2.35. The number of amides is 1. The van der Waals surface area contributed by atoms with Gasteiger partial charge in [-0.05, 0) is 36.8 Å². The summed E-state index contributed by atoms with van der Waals surface area (Å²) in [6.45, 7) is 4.58. The van der Waals surface area contributed by atoms with E-state index < -0.39 is 17.8 Å². The number of nitrogens with one attached hydrogen (secondary N) is 1. The maximum atomic E-state index is 14.1. The summed E-state index contributed by atoms with van der Waals surface area (Å²) < 4.78 is 27.2. The number of hydrogen-bond donors (Lipinski definition) is 1. The molecule has 2 unspecified atom stereocenters. The highest BCUT2D eigenvalue weighted by molar-refractivity contribution is 5.85. The summed E-state index contributed by atoms with van der Waals surface area (Å²) in [6.07, 6.45) is 1.75. The van der Waals surface area contributed by atoms with Gasteiger partial charge in [0.25, 0.3) is 0 Å². The van der Waals surface area contributed by atoms with Crippen LogP contribution in [0.15, 0.2) is 18.2 Å². The molecule has 2 fully saturated rings. The van der Waals surface area contributed by atoms with Crippen molar-refractivity contribution in [2.24, 2.45) is 11.8 Å². The predicted molar refractivity (Wildman–Crippen MR) is 75.3 cm³/mol. The summed E-state index contributed by atoms with van der Waals surface area (Å²) in [4.78, 5) is 14.3. The van der Waals surface area contributed by atoms with Crippen LogP contribution in [0, 0.1) is 23.5 Å². The lowest BCUT2D eigenvalue weighted by molar-refractivity contribution is -0.131. The Morgan fingerprint density at radius 1 is 1.33 bits per heavy atom. The van der Waals surface area contributed by atoms with E-state index in [0.717, 1.165) is 18.9 Å². The number of nitrogens with zero attached hydrogens (tertiary/aromatic N) is 1. The van der Waals surface area contributed by atoms with Gasteiger partial charge in [0, 0.05) is 18.2 Å². The van der Waals surface area contributed by atoms with E-state index in [-0.39, 0.29) is 17.9 Å². The van der Waals surface area contributed by atoms with E-state index in [9.17, 15) is 13.6 Å². The average molecular weight is 294 g/mol. The maximum Gasteiger partial charge on any atom is 0.241 e. The number of halogens is 2. The predicted octanol–water partition coefficient (Wildman–Crippen LogP) is 2.83. The van der Waals surface area contributed by atoms with Gasteiger partial charge >= 0.3 is 0 Å². The summed E-state index contributed by atoms with van der Waals surface area (Å²) >= 11 is 0. The molecule has 1 aromatic rings. The Morgan fingerprint density at radius 2 is 2.05 bits per heavy atom. The van der Waals surface area contributed by atoms with Crippen LogP contribution in [0.1, 0.15) is 38.4 Å². The van der Waals surface area contributed by atoms with Gasteiger partial charge in [-0.15, -0.1) is 0 Å². The van der Waals surface area contributed by atoms with Gasteiger partial charge in [-0.1, -0.05) is 13.8 Å².